The van der Waals surface area contributed by atoms with E-state index >= 15 is 0 Å². The second kappa shape index (κ2) is 8.76. The number of fused-ring (bicyclic) bond motifs is 1. The minimum absolute atomic E-state index is 0.105. The lowest BCUT2D eigenvalue weighted by molar-refractivity contribution is -0.142. The van der Waals surface area contributed by atoms with E-state index in [0.717, 1.165) is 24.2 Å². The lowest BCUT2D eigenvalue weighted by Crippen LogP contribution is -2.46. The van der Waals surface area contributed by atoms with Gasteiger partial charge in [-0.15, -0.1) is 0 Å². The topological polar surface area (TPSA) is 82.2 Å². The van der Waals surface area contributed by atoms with Crippen LogP contribution in [0.4, 0.5) is 0 Å². The molecule has 1 N–H and O–H groups in total. The summed E-state index contributed by atoms with van der Waals surface area (Å²) in [5.41, 5.74) is 4.49. The van der Waals surface area contributed by atoms with E-state index in [4.69, 9.17) is 0 Å². The summed E-state index contributed by atoms with van der Waals surface area (Å²) in [7, 11) is 1.85. The molecule has 2 aromatic heterocycles. The van der Waals surface area contributed by atoms with Gasteiger partial charge in [-0.05, 0) is 49.8 Å². The summed E-state index contributed by atoms with van der Waals surface area (Å²) in [5.74, 6) is 0.0955. The number of hydrogen-bond donors (Lipinski definition) is 1. The average molecular weight is 396 g/mol. The van der Waals surface area contributed by atoms with Gasteiger partial charge in [-0.25, -0.2) is 0 Å². The van der Waals surface area contributed by atoms with E-state index in [1.807, 2.05) is 30.1 Å². The van der Waals surface area contributed by atoms with Gasteiger partial charge in [-0.1, -0.05) is 6.07 Å². The van der Waals surface area contributed by atoms with Crippen LogP contribution in [0.25, 0.3) is 0 Å². The Balaban J connectivity index is 1.35. The fourth-order valence-corrected chi connectivity index (χ4v) is 4.42. The van der Waals surface area contributed by atoms with Crippen molar-refractivity contribution >= 4 is 11.8 Å². The van der Waals surface area contributed by atoms with Crippen LogP contribution < -0.4 is 0 Å². The van der Waals surface area contributed by atoms with Gasteiger partial charge in [0.05, 0.1) is 18.2 Å². The molecular weight excluding hydrogens is 366 g/mol. The number of piperidine rings is 1. The van der Waals surface area contributed by atoms with Crippen molar-refractivity contribution in [3.63, 3.8) is 0 Å². The monoisotopic (exact) mass is 395 g/mol. The van der Waals surface area contributed by atoms with Crippen LogP contribution in [-0.4, -0.2) is 56.9 Å². The molecule has 1 saturated heterocycles. The Morgan fingerprint density at radius 3 is 2.97 bits per heavy atom. The summed E-state index contributed by atoms with van der Waals surface area (Å²) >= 11 is 0. The van der Waals surface area contributed by atoms with Crippen LogP contribution in [0.1, 0.15) is 48.3 Å². The number of carbonyl (C=O) groups is 2. The first-order valence-electron chi connectivity index (χ1n) is 10.6. The highest BCUT2D eigenvalue weighted by Crippen LogP contribution is 2.24. The van der Waals surface area contributed by atoms with Gasteiger partial charge in [0, 0.05) is 50.6 Å². The van der Waals surface area contributed by atoms with Crippen molar-refractivity contribution in [2.75, 3.05) is 20.1 Å². The number of hydrogen-bond acceptors (Lipinski definition) is 4. The summed E-state index contributed by atoms with van der Waals surface area (Å²) in [5, 5.41) is 7.61. The van der Waals surface area contributed by atoms with Crippen molar-refractivity contribution in [1.82, 2.24) is 25.0 Å². The Morgan fingerprint density at radius 1 is 1.28 bits per heavy atom. The maximum absolute atomic E-state index is 13.1. The summed E-state index contributed by atoms with van der Waals surface area (Å²) in [6, 6.07) is 5.81. The number of nitrogens with zero attached hydrogens (tertiary/aromatic N) is 4. The first-order valence-corrected chi connectivity index (χ1v) is 10.6. The molecule has 1 aliphatic heterocycles. The number of likely N-dealkylation sites (tertiary alicyclic amines) is 1. The molecule has 7 heteroatoms. The molecule has 0 aromatic carbocycles. The van der Waals surface area contributed by atoms with Crippen LogP contribution in [0.3, 0.4) is 0 Å². The molecule has 1 aliphatic carbocycles. The Labute approximate surface area is 171 Å². The molecule has 7 nitrogen and oxygen atoms in total. The normalized spacial score (nSPS) is 19.1. The van der Waals surface area contributed by atoms with Gasteiger partial charge >= 0.3 is 0 Å². The van der Waals surface area contributed by atoms with Gasteiger partial charge in [-0.2, -0.15) is 5.10 Å². The van der Waals surface area contributed by atoms with Crippen LogP contribution in [0.2, 0.25) is 0 Å². The molecule has 0 saturated carbocycles. The van der Waals surface area contributed by atoms with Crippen molar-refractivity contribution in [1.29, 1.82) is 0 Å². The van der Waals surface area contributed by atoms with Crippen molar-refractivity contribution in [3.05, 3.63) is 47.0 Å². The zero-order chi connectivity index (χ0) is 20.2. The Morgan fingerprint density at radius 2 is 2.14 bits per heavy atom. The summed E-state index contributed by atoms with van der Waals surface area (Å²) in [6.07, 6.45) is 8.02. The lowest BCUT2D eigenvalue weighted by atomic mass is 9.94. The number of amides is 2. The average Bonchev–Trinajstić information content (AvgIpc) is 3.16. The van der Waals surface area contributed by atoms with Crippen LogP contribution >= 0.6 is 0 Å². The third-order valence-corrected chi connectivity index (χ3v) is 6.12. The minimum Gasteiger partial charge on any atom is -0.342 e. The standard InChI is InChI=1S/C22H29N5O2/c1-26(15-20-18-7-2-3-8-19(18)24-25-20)22(29)16-9-10-21(28)27(14-16)13-11-17-6-4-5-12-23-17/h4-6,12,16H,2-3,7-11,13-15H2,1H3,(H,24,25)/t16-/m0/s1. The van der Waals surface area contributed by atoms with Gasteiger partial charge in [0.15, 0.2) is 0 Å². The predicted octanol–water partition coefficient (Wildman–Crippen LogP) is 2.12. The molecule has 1 atom stereocenters. The van der Waals surface area contributed by atoms with E-state index in [-0.39, 0.29) is 17.7 Å². The molecule has 2 aliphatic rings. The van der Waals surface area contributed by atoms with E-state index < -0.39 is 0 Å². The van der Waals surface area contributed by atoms with Crippen LogP contribution in [-0.2, 0) is 35.4 Å². The number of rotatable bonds is 6. The van der Waals surface area contributed by atoms with E-state index in [1.54, 1.807) is 11.1 Å². The fourth-order valence-electron chi connectivity index (χ4n) is 4.42. The lowest BCUT2D eigenvalue weighted by Gasteiger charge is -2.33. The predicted molar refractivity (Wildman–Crippen MR) is 109 cm³/mol. The van der Waals surface area contributed by atoms with Crippen molar-refractivity contribution in [2.24, 2.45) is 5.92 Å². The summed E-state index contributed by atoms with van der Waals surface area (Å²) in [6.45, 7) is 1.63. The number of aryl methyl sites for hydroxylation is 1. The minimum atomic E-state index is -0.142. The zero-order valence-electron chi connectivity index (χ0n) is 17.1. The number of H-pyrrole nitrogens is 1. The quantitative estimate of drug-likeness (QED) is 0.812. The number of carbonyl (C=O) groups excluding carboxylic acids is 2. The molecule has 0 unspecified atom stereocenters. The zero-order valence-corrected chi connectivity index (χ0v) is 17.1. The molecule has 2 aromatic rings. The SMILES string of the molecule is CN(Cc1n[nH]c2c1CCCC2)C(=O)[C@H]1CCC(=O)N(CCc2ccccn2)C1. The molecule has 4 rings (SSSR count). The van der Waals surface area contributed by atoms with E-state index in [0.29, 0.717) is 38.9 Å². The van der Waals surface area contributed by atoms with Gasteiger partial charge < -0.3 is 9.80 Å². The molecule has 2 amide bonds. The molecule has 29 heavy (non-hydrogen) atoms. The Hall–Kier alpha value is -2.70. The molecule has 154 valence electrons. The highest BCUT2D eigenvalue weighted by molar-refractivity contribution is 5.83. The molecule has 0 radical (unpaired) electrons. The molecule has 0 spiro atoms. The van der Waals surface area contributed by atoms with Crippen LogP contribution in [0, 0.1) is 5.92 Å². The van der Waals surface area contributed by atoms with E-state index in [1.165, 1.54) is 24.1 Å². The third-order valence-electron chi connectivity index (χ3n) is 6.12. The van der Waals surface area contributed by atoms with Crippen LogP contribution in [0.5, 0.6) is 0 Å². The Kier molecular flexibility index (Phi) is 5.92. The van der Waals surface area contributed by atoms with E-state index in [2.05, 4.69) is 15.2 Å². The van der Waals surface area contributed by atoms with Crippen molar-refractivity contribution < 1.29 is 9.59 Å². The molecule has 1 fully saturated rings. The van der Waals surface area contributed by atoms with Crippen molar-refractivity contribution in [2.45, 2.75) is 51.5 Å². The summed E-state index contributed by atoms with van der Waals surface area (Å²) < 4.78 is 0. The summed E-state index contributed by atoms with van der Waals surface area (Å²) in [4.78, 5) is 33.3. The number of pyridine rings is 1. The highest BCUT2D eigenvalue weighted by Gasteiger charge is 2.32. The molecule has 3 heterocycles. The van der Waals surface area contributed by atoms with Crippen molar-refractivity contribution in [3.8, 4) is 0 Å². The second-order valence-corrected chi connectivity index (χ2v) is 8.18. The molecular formula is C22H29N5O2. The Bertz CT molecular complexity index is 863. The maximum Gasteiger partial charge on any atom is 0.227 e. The second-order valence-electron chi connectivity index (χ2n) is 8.18. The maximum atomic E-state index is 13.1. The first-order chi connectivity index (χ1) is 14.1. The number of nitrogens with one attached hydrogen (secondary N) is 1. The largest absolute Gasteiger partial charge is 0.342 e. The number of aromatic nitrogens is 3. The first kappa shape index (κ1) is 19.6. The van der Waals surface area contributed by atoms with Gasteiger partial charge in [0.25, 0.3) is 0 Å². The van der Waals surface area contributed by atoms with Gasteiger partial charge in [0.2, 0.25) is 11.8 Å². The molecule has 0 bridgehead atoms. The third kappa shape index (κ3) is 4.49. The number of aromatic amines is 1. The van der Waals surface area contributed by atoms with Gasteiger partial charge in [-0.3, -0.25) is 19.7 Å². The smallest absolute Gasteiger partial charge is 0.227 e. The fraction of sp³-hybridized carbons (Fsp3) is 0.545. The highest BCUT2D eigenvalue weighted by atomic mass is 16.2. The van der Waals surface area contributed by atoms with Gasteiger partial charge in [0.1, 0.15) is 0 Å². The van der Waals surface area contributed by atoms with Crippen LogP contribution in [0.15, 0.2) is 24.4 Å². The van der Waals surface area contributed by atoms with E-state index in [9.17, 15) is 9.59 Å².